The Labute approximate surface area is 186 Å². The van der Waals surface area contributed by atoms with E-state index in [2.05, 4.69) is 24.1 Å². The highest BCUT2D eigenvalue weighted by molar-refractivity contribution is 8.26. The molecule has 3 heterocycles. The van der Waals surface area contributed by atoms with Crippen LogP contribution in [0, 0.1) is 6.92 Å². The van der Waals surface area contributed by atoms with Crippen LogP contribution in [0.5, 0.6) is 0 Å². The second-order valence-electron chi connectivity index (χ2n) is 7.38. The standard InChI is InChI=1S/C22H28N4O2S2/c1-4-6-7-8-12-26-21(28)17(30-22(26)29)14-16-18(23-11-5-2)24-19-15(3)10-9-13-25(19)20(16)27/h9-10,13-14,23H,4-8,11-12H2,1-3H3. The number of carbonyl (C=O) groups excluding carboxylic acids is 1. The topological polar surface area (TPSA) is 66.7 Å². The number of aromatic nitrogens is 2. The number of rotatable bonds is 9. The molecule has 0 unspecified atom stereocenters. The third-order valence-electron chi connectivity index (χ3n) is 5.01. The van der Waals surface area contributed by atoms with E-state index in [1.54, 1.807) is 17.2 Å². The van der Waals surface area contributed by atoms with E-state index in [0.29, 0.717) is 39.3 Å². The highest BCUT2D eigenvalue weighted by Gasteiger charge is 2.32. The number of pyridine rings is 1. The highest BCUT2D eigenvalue weighted by Crippen LogP contribution is 2.33. The van der Waals surface area contributed by atoms with Gasteiger partial charge in [-0.1, -0.05) is 63.2 Å². The smallest absolute Gasteiger partial charge is 0.267 e. The van der Waals surface area contributed by atoms with Crippen LogP contribution in [-0.4, -0.2) is 37.6 Å². The Balaban J connectivity index is 1.98. The maximum Gasteiger partial charge on any atom is 0.267 e. The normalized spacial score (nSPS) is 15.6. The summed E-state index contributed by atoms with van der Waals surface area (Å²) in [6.07, 6.45) is 8.54. The first kappa shape index (κ1) is 22.5. The van der Waals surface area contributed by atoms with Crippen molar-refractivity contribution in [3.05, 3.63) is 44.7 Å². The zero-order chi connectivity index (χ0) is 21.7. The number of thiocarbonyl (C=S) groups is 1. The molecule has 0 bridgehead atoms. The van der Waals surface area contributed by atoms with Crippen molar-refractivity contribution in [3.8, 4) is 0 Å². The lowest BCUT2D eigenvalue weighted by Gasteiger charge is -2.14. The van der Waals surface area contributed by atoms with Crippen LogP contribution >= 0.6 is 24.0 Å². The summed E-state index contributed by atoms with van der Waals surface area (Å²) in [6.45, 7) is 7.44. The first-order valence-corrected chi connectivity index (χ1v) is 11.7. The van der Waals surface area contributed by atoms with Gasteiger partial charge in [0.15, 0.2) is 0 Å². The lowest BCUT2D eigenvalue weighted by Crippen LogP contribution is -2.29. The average Bonchev–Trinajstić information content (AvgIpc) is 2.99. The summed E-state index contributed by atoms with van der Waals surface area (Å²) in [4.78, 5) is 33.0. The minimum absolute atomic E-state index is 0.128. The number of unbranched alkanes of at least 4 members (excludes halogenated alkanes) is 3. The monoisotopic (exact) mass is 444 g/mol. The zero-order valence-corrected chi connectivity index (χ0v) is 19.4. The van der Waals surface area contributed by atoms with Gasteiger partial charge in [-0.15, -0.1) is 0 Å². The van der Waals surface area contributed by atoms with E-state index in [1.807, 2.05) is 19.1 Å². The molecule has 0 aromatic carbocycles. The van der Waals surface area contributed by atoms with E-state index < -0.39 is 0 Å². The summed E-state index contributed by atoms with van der Waals surface area (Å²) < 4.78 is 2.08. The highest BCUT2D eigenvalue weighted by atomic mass is 32.2. The molecule has 2 aromatic heterocycles. The Morgan fingerprint density at radius 1 is 1.20 bits per heavy atom. The van der Waals surface area contributed by atoms with E-state index in [1.165, 1.54) is 16.2 Å². The fraction of sp³-hybridized carbons (Fsp3) is 0.455. The van der Waals surface area contributed by atoms with Crippen LogP contribution < -0.4 is 10.9 Å². The van der Waals surface area contributed by atoms with Crippen molar-refractivity contribution in [1.29, 1.82) is 0 Å². The number of anilines is 1. The van der Waals surface area contributed by atoms with E-state index in [0.717, 1.165) is 37.7 Å². The van der Waals surface area contributed by atoms with E-state index >= 15 is 0 Å². The van der Waals surface area contributed by atoms with Crippen LogP contribution in [0.15, 0.2) is 28.0 Å². The van der Waals surface area contributed by atoms with Gasteiger partial charge in [-0.25, -0.2) is 4.98 Å². The van der Waals surface area contributed by atoms with Gasteiger partial charge in [0.05, 0.1) is 10.5 Å². The summed E-state index contributed by atoms with van der Waals surface area (Å²) in [7, 11) is 0. The van der Waals surface area contributed by atoms with Crippen LogP contribution in [0.1, 0.15) is 57.1 Å². The maximum atomic E-state index is 13.2. The van der Waals surface area contributed by atoms with Gasteiger partial charge >= 0.3 is 0 Å². The van der Waals surface area contributed by atoms with Crippen LogP contribution in [0.3, 0.4) is 0 Å². The van der Waals surface area contributed by atoms with Gasteiger partial charge in [-0.2, -0.15) is 0 Å². The van der Waals surface area contributed by atoms with Crippen molar-refractivity contribution in [2.45, 2.75) is 52.9 Å². The Morgan fingerprint density at radius 3 is 2.73 bits per heavy atom. The molecule has 1 fully saturated rings. The van der Waals surface area contributed by atoms with E-state index in [4.69, 9.17) is 12.2 Å². The molecule has 2 aromatic rings. The molecule has 0 aliphatic carbocycles. The number of hydrogen-bond acceptors (Lipinski definition) is 6. The second-order valence-corrected chi connectivity index (χ2v) is 9.06. The van der Waals surface area contributed by atoms with Crippen molar-refractivity contribution < 1.29 is 4.79 Å². The van der Waals surface area contributed by atoms with Gasteiger partial charge in [0.1, 0.15) is 15.8 Å². The molecule has 0 radical (unpaired) electrons. The maximum absolute atomic E-state index is 13.2. The molecule has 6 nitrogen and oxygen atoms in total. The fourth-order valence-corrected chi connectivity index (χ4v) is 4.63. The van der Waals surface area contributed by atoms with Crippen molar-refractivity contribution in [3.63, 3.8) is 0 Å². The van der Waals surface area contributed by atoms with Crippen molar-refractivity contribution >= 4 is 51.7 Å². The van der Waals surface area contributed by atoms with Crippen molar-refractivity contribution in [1.82, 2.24) is 14.3 Å². The summed E-state index contributed by atoms with van der Waals surface area (Å²) in [5.74, 6) is 0.376. The Hall–Kier alpha value is -2.19. The molecule has 1 aliphatic heterocycles. The molecular formula is C22H28N4O2S2. The molecule has 1 amide bonds. The summed E-state index contributed by atoms with van der Waals surface area (Å²) in [6, 6.07) is 3.75. The molecule has 30 heavy (non-hydrogen) atoms. The Morgan fingerprint density at radius 2 is 2.00 bits per heavy atom. The molecule has 160 valence electrons. The van der Waals surface area contributed by atoms with Crippen LogP contribution in [0.2, 0.25) is 0 Å². The zero-order valence-electron chi connectivity index (χ0n) is 17.7. The third-order valence-corrected chi connectivity index (χ3v) is 6.39. The van der Waals surface area contributed by atoms with Crippen LogP contribution in [0.25, 0.3) is 11.7 Å². The minimum Gasteiger partial charge on any atom is -0.369 e. The van der Waals surface area contributed by atoms with Gasteiger partial charge in [-0.05, 0) is 37.5 Å². The average molecular weight is 445 g/mol. The minimum atomic E-state index is -0.199. The lowest BCUT2D eigenvalue weighted by molar-refractivity contribution is -0.122. The van der Waals surface area contributed by atoms with E-state index in [9.17, 15) is 9.59 Å². The number of fused-ring (bicyclic) bond motifs is 1. The van der Waals surface area contributed by atoms with Crippen molar-refractivity contribution in [2.75, 3.05) is 18.4 Å². The number of carbonyl (C=O) groups is 1. The molecule has 0 atom stereocenters. The molecule has 0 spiro atoms. The number of hydrogen-bond donors (Lipinski definition) is 1. The quantitative estimate of drug-likeness (QED) is 0.346. The fourth-order valence-electron chi connectivity index (χ4n) is 3.34. The SMILES string of the molecule is CCCCCCN1C(=O)C(=Cc2c(NCCC)nc3c(C)cccn3c2=O)SC1=S. The summed E-state index contributed by atoms with van der Waals surface area (Å²) in [5.41, 5.74) is 1.72. The number of amides is 1. The molecule has 0 saturated carbocycles. The van der Waals surface area contributed by atoms with Gasteiger partial charge in [0.2, 0.25) is 0 Å². The molecule has 8 heteroatoms. The molecule has 3 rings (SSSR count). The molecule has 1 aliphatic rings. The van der Waals surface area contributed by atoms with Gasteiger partial charge < -0.3 is 5.32 Å². The Bertz CT molecular complexity index is 1050. The largest absolute Gasteiger partial charge is 0.369 e. The summed E-state index contributed by atoms with van der Waals surface area (Å²) >= 11 is 6.69. The van der Waals surface area contributed by atoms with Gasteiger partial charge in [-0.3, -0.25) is 18.9 Å². The first-order valence-electron chi connectivity index (χ1n) is 10.5. The number of nitrogens with one attached hydrogen (secondary N) is 1. The van der Waals surface area contributed by atoms with Crippen molar-refractivity contribution in [2.24, 2.45) is 0 Å². The molecule has 1 saturated heterocycles. The number of aryl methyl sites for hydroxylation is 1. The lowest BCUT2D eigenvalue weighted by atomic mass is 10.2. The first-order chi connectivity index (χ1) is 14.5. The molecule has 1 N–H and O–H groups in total. The predicted molar refractivity (Wildman–Crippen MR) is 129 cm³/mol. The van der Waals surface area contributed by atoms with Gasteiger partial charge in [0, 0.05) is 19.3 Å². The Kier molecular flexibility index (Phi) is 7.66. The summed E-state index contributed by atoms with van der Waals surface area (Å²) in [5, 5.41) is 3.25. The molecular weight excluding hydrogens is 416 g/mol. The number of thioether (sulfide) groups is 1. The van der Waals surface area contributed by atoms with E-state index in [-0.39, 0.29) is 11.5 Å². The predicted octanol–water partition coefficient (Wildman–Crippen LogP) is 4.61. The van der Waals surface area contributed by atoms with Crippen LogP contribution in [0.4, 0.5) is 5.82 Å². The second kappa shape index (κ2) is 10.2. The number of nitrogens with zero attached hydrogens (tertiary/aromatic N) is 3. The van der Waals surface area contributed by atoms with Gasteiger partial charge in [0.25, 0.3) is 11.5 Å². The third kappa shape index (κ3) is 4.75. The van der Waals surface area contributed by atoms with Crippen LogP contribution in [-0.2, 0) is 4.79 Å².